The quantitative estimate of drug-likeness (QED) is 0.759. The number of nitrogens with one attached hydrogen (secondary N) is 1. The first-order chi connectivity index (χ1) is 6.24. The van der Waals surface area contributed by atoms with Crippen LogP contribution in [0.1, 0.15) is 23.8 Å². The van der Waals surface area contributed by atoms with E-state index >= 15 is 0 Å². The van der Waals surface area contributed by atoms with E-state index in [0.717, 1.165) is 13.0 Å². The summed E-state index contributed by atoms with van der Waals surface area (Å²) >= 11 is 1.78. The lowest BCUT2D eigenvalue weighted by molar-refractivity contribution is 0.269. The highest BCUT2D eigenvalue weighted by atomic mass is 32.1. The van der Waals surface area contributed by atoms with Crippen LogP contribution in [0.3, 0.4) is 0 Å². The molecule has 1 atom stereocenters. The Labute approximate surface area is 83.6 Å². The van der Waals surface area contributed by atoms with Gasteiger partial charge in [0.05, 0.1) is 0 Å². The molecule has 1 heterocycles. The molecule has 0 spiro atoms. The lowest BCUT2D eigenvalue weighted by Gasteiger charge is -2.11. The number of aryl methyl sites for hydroxylation is 1. The fourth-order valence-corrected chi connectivity index (χ4v) is 2.00. The molecular weight excluding hydrogens is 182 g/mol. The number of aliphatic hydroxyl groups is 1. The zero-order valence-corrected chi connectivity index (χ0v) is 9.03. The molecule has 1 aromatic rings. The topological polar surface area (TPSA) is 32.3 Å². The van der Waals surface area contributed by atoms with E-state index in [1.165, 1.54) is 10.4 Å². The van der Waals surface area contributed by atoms with Crippen molar-refractivity contribution in [2.45, 2.75) is 32.9 Å². The molecule has 0 saturated carbocycles. The second-order valence-corrected chi connectivity index (χ2v) is 4.32. The molecular formula is C10H17NOS. The first-order valence-corrected chi connectivity index (χ1v) is 5.49. The first-order valence-electron chi connectivity index (χ1n) is 4.61. The molecule has 0 radical (unpaired) electrons. The van der Waals surface area contributed by atoms with Gasteiger partial charge in [-0.2, -0.15) is 0 Å². The normalized spacial score (nSPS) is 13.2. The molecule has 2 nitrogen and oxygen atoms in total. The third-order valence-electron chi connectivity index (χ3n) is 2.14. The summed E-state index contributed by atoms with van der Waals surface area (Å²) in [4.78, 5) is 1.39. The molecule has 0 bridgehead atoms. The van der Waals surface area contributed by atoms with Crippen molar-refractivity contribution in [3.8, 4) is 0 Å². The molecule has 0 unspecified atom stereocenters. The predicted octanol–water partition coefficient (Wildman–Crippen LogP) is 1.92. The SMILES string of the molecule is Cc1ccsc1CN[C@H](C)CCO. The van der Waals surface area contributed by atoms with Crippen molar-refractivity contribution in [2.75, 3.05) is 6.61 Å². The molecule has 0 fully saturated rings. The Morgan fingerprint density at radius 2 is 2.38 bits per heavy atom. The van der Waals surface area contributed by atoms with Gasteiger partial charge in [-0.05, 0) is 37.3 Å². The number of thiophene rings is 1. The third-order valence-corrected chi connectivity index (χ3v) is 3.16. The summed E-state index contributed by atoms with van der Waals surface area (Å²) in [5.74, 6) is 0. The van der Waals surface area contributed by atoms with Gasteiger partial charge in [-0.1, -0.05) is 0 Å². The Kier molecular flexibility index (Phi) is 4.42. The summed E-state index contributed by atoms with van der Waals surface area (Å²) in [5.41, 5.74) is 1.36. The Hall–Kier alpha value is -0.380. The van der Waals surface area contributed by atoms with Crippen molar-refractivity contribution in [1.29, 1.82) is 0 Å². The molecule has 0 aliphatic rings. The predicted molar refractivity (Wildman–Crippen MR) is 57.1 cm³/mol. The third kappa shape index (κ3) is 3.46. The van der Waals surface area contributed by atoms with Crippen molar-refractivity contribution >= 4 is 11.3 Å². The average molecular weight is 199 g/mol. The van der Waals surface area contributed by atoms with E-state index in [4.69, 9.17) is 5.11 Å². The smallest absolute Gasteiger partial charge is 0.0445 e. The molecule has 0 aliphatic heterocycles. The Bertz CT molecular complexity index is 247. The van der Waals surface area contributed by atoms with Crippen LogP contribution in [-0.4, -0.2) is 17.8 Å². The van der Waals surface area contributed by atoms with E-state index in [2.05, 4.69) is 30.6 Å². The molecule has 13 heavy (non-hydrogen) atoms. The van der Waals surface area contributed by atoms with Gasteiger partial charge in [-0.25, -0.2) is 0 Å². The van der Waals surface area contributed by atoms with Crippen molar-refractivity contribution in [1.82, 2.24) is 5.32 Å². The minimum absolute atomic E-state index is 0.261. The monoisotopic (exact) mass is 199 g/mol. The standard InChI is InChI=1S/C10H17NOS/c1-8-4-6-13-10(8)7-11-9(2)3-5-12/h4,6,9,11-12H,3,5,7H2,1-2H3/t9-/m1/s1. The maximum Gasteiger partial charge on any atom is 0.0445 e. The van der Waals surface area contributed by atoms with E-state index in [0.29, 0.717) is 6.04 Å². The van der Waals surface area contributed by atoms with Gasteiger partial charge in [0.15, 0.2) is 0 Å². The zero-order chi connectivity index (χ0) is 9.68. The highest BCUT2D eigenvalue weighted by molar-refractivity contribution is 7.10. The molecule has 3 heteroatoms. The number of hydrogen-bond donors (Lipinski definition) is 2. The van der Waals surface area contributed by atoms with E-state index in [-0.39, 0.29) is 6.61 Å². The lowest BCUT2D eigenvalue weighted by atomic mass is 10.2. The Balaban J connectivity index is 2.30. The molecule has 1 aromatic heterocycles. The van der Waals surface area contributed by atoms with E-state index < -0.39 is 0 Å². The molecule has 74 valence electrons. The number of rotatable bonds is 5. The van der Waals surface area contributed by atoms with E-state index in [1.807, 2.05) is 0 Å². The molecule has 0 aliphatic carbocycles. The summed E-state index contributed by atoms with van der Waals surface area (Å²) in [6, 6.07) is 2.53. The lowest BCUT2D eigenvalue weighted by Crippen LogP contribution is -2.26. The van der Waals surface area contributed by atoms with Crippen molar-refractivity contribution < 1.29 is 5.11 Å². The summed E-state index contributed by atoms with van der Waals surface area (Å²) in [6.07, 6.45) is 0.824. The summed E-state index contributed by atoms with van der Waals surface area (Å²) in [7, 11) is 0. The van der Waals surface area contributed by atoms with Crippen LogP contribution in [0, 0.1) is 6.92 Å². The largest absolute Gasteiger partial charge is 0.396 e. The van der Waals surface area contributed by atoms with Crippen LogP contribution in [0.5, 0.6) is 0 Å². The fourth-order valence-electron chi connectivity index (χ4n) is 1.15. The summed E-state index contributed by atoms with van der Waals surface area (Å²) < 4.78 is 0. The minimum Gasteiger partial charge on any atom is -0.396 e. The second kappa shape index (κ2) is 5.37. The minimum atomic E-state index is 0.261. The molecule has 0 aromatic carbocycles. The van der Waals surface area contributed by atoms with Gasteiger partial charge in [0.2, 0.25) is 0 Å². The maximum absolute atomic E-state index is 8.71. The second-order valence-electron chi connectivity index (χ2n) is 3.32. The van der Waals surface area contributed by atoms with E-state index in [1.54, 1.807) is 11.3 Å². The number of aliphatic hydroxyl groups excluding tert-OH is 1. The van der Waals surface area contributed by atoms with Crippen LogP contribution in [0.4, 0.5) is 0 Å². The first kappa shape index (κ1) is 10.7. The van der Waals surface area contributed by atoms with E-state index in [9.17, 15) is 0 Å². The van der Waals surface area contributed by atoms with Crippen LogP contribution in [0.15, 0.2) is 11.4 Å². The summed E-state index contributed by atoms with van der Waals surface area (Å²) in [6.45, 7) is 5.41. The molecule has 0 amide bonds. The molecule has 0 saturated heterocycles. The highest BCUT2D eigenvalue weighted by Gasteiger charge is 2.02. The fraction of sp³-hybridized carbons (Fsp3) is 0.600. The molecule has 2 N–H and O–H groups in total. The van der Waals surface area contributed by atoms with Crippen molar-refractivity contribution in [3.05, 3.63) is 21.9 Å². The van der Waals surface area contributed by atoms with Crippen LogP contribution in [0.2, 0.25) is 0 Å². The Morgan fingerprint density at radius 3 is 2.92 bits per heavy atom. The van der Waals surface area contributed by atoms with Crippen molar-refractivity contribution in [3.63, 3.8) is 0 Å². The highest BCUT2D eigenvalue weighted by Crippen LogP contribution is 2.15. The van der Waals surface area contributed by atoms with Crippen LogP contribution >= 0.6 is 11.3 Å². The summed E-state index contributed by atoms with van der Waals surface area (Å²) in [5, 5.41) is 14.2. The van der Waals surface area contributed by atoms with Crippen LogP contribution < -0.4 is 5.32 Å². The zero-order valence-electron chi connectivity index (χ0n) is 8.21. The number of hydrogen-bond acceptors (Lipinski definition) is 3. The van der Waals surface area contributed by atoms with Gasteiger partial charge < -0.3 is 10.4 Å². The molecule has 1 rings (SSSR count). The van der Waals surface area contributed by atoms with Gasteiger partial charge >= 0.3 is 0 Å². The van der Waals surface area contributed by atoms with Gasteiger partial charge in [0.25, 0.3) is 0 Å². The van der Waals surface area contributed by atoms with Gasteiger partial charge in [-0.15, -0.1) is 11.3 Å². The average Bonchev–Trinajstić information content (AvgIpc) is 2.48. The van der Waals surface area contributed by atoms with Crippen LogP contribution in [-0.2, 0) is 6.54 Å². The van der Waals surface area contributed by atoms with Crippen LogP contribution in [0.25, 0.3) is 0 Å². The van der Waals surface area contributed by atoms with Crippen molar-refractivity contribution in [2.24, 2.45) is 0 Å². The Morgan fingerprint density at radius 1 is 1.62 bits per heavy atom. The van der Waals surface area contributed by atoms with Gasteiger partial charge in [0.1, 0.15) is 0 Å². The maximum atomic E-state index is 8.71. The van der Waals surface area contributed by atoms with Gasteiger partial charge in [-0.3, -0.25) is 0 Å². The van der Waals surface area contributed by atoms with Gasteiger partial charge in [0, 0.05) is 24.1 Å².